The summed E-state index contributed by atoms with van der Waals surface area (Å²) in [6.45, 7) is 3.72. The van der Waals surface area contributed by atoms with E-state index in [1.54, 1.807) is 0 Å². The summed E-state index contributed by atoms with van der Waals surface area (Å²) in [6.07, 6.45) is 2.59. The SMILES string of the molecule is CCOC(=O)N1CCc2ccccc2Cc2sccc2CC1. The summed E-state index contributed by atoms with van der Waals surface area (Å²) in [5.74, 6) is 0. The molecule has 0 fully saturated rings. The van der Waals surface area contributed by atoms with E-state index in [0.29, 0.717) is 6.61 Å². The standard InChI is InChI=1S/C18H21NO2S/c1-2-21-18(20)19-10-7-14-5-3-4-6-16(14)13-17-15(8-11-19)9-12-22-17/h3-6,9,12H,2,7-8,10-11,13H2,1H3. The van der Waals surface area contributed by atoms with Gasteiger partial charge in [0.2, 0.25) is 0 Å². The summed E-state index contributed by atoms with van der Waals surface area (Å²) >= 11 is 1.81. The van der Waals surface area contributed by atoms with Gasteiger partial charge in [-0.15, -0.1) is 11.3 Å². The molecule has 0 bridgehead atoms. The summed E-state index contributed by atoms with van der Waals surface area (Å²) in [5, 5.41) is 2.15. The minimum absolute atomic E-state index is 0.197. The Morgan fingerprint density at radius 1 is 1.14 bits per heavy atom. The van der Waals surface area contributed by atoms with Gasteiger partial charge in [-0.3, -0.25) is 0 Å². The van der Waals surface area contributed by atoms with Crippen LogP contribution >= 0.6 is 11.3 Å². The number of hydrogen-bond donors (Lipinski definition) is 0. The van der Waals surface area contributed by atoms with Gasteiger partial charge in [0.1, 0.15) is 0 Å². The van der Waals surface area contributed by atoms with Crippen molar-refractivity contribution in [3.05, 3.63) is 57.3 Å². The first kappa shape index (κ1) is 15.1. The molecule has 4 heteroatoms. The molecule has 1 aliphatic heterocycles. The van der Waals surface area contributed by atoms with Gasteiger partial charge in [-0.1, -0.05) is 24.3 Å². The highest BCUT2D eigenvalue weighted by molar-refractivity contribution is 7.10. The second-order valence-corrected chi connectivity index (χ2v) is 6.50. The van der Waals surface area contributed by atoms with Crippen LogP contribution in [0, 0.1) is 0 Å². The van der Waals surface area contributed by atoms with Crippen LogP contribution in [0.3, 0.4) is 0 Å². The van der Waals surface area contributed by atoms with Crippen molar-refractivity contribution in [3.8, 4) is 0 Å². The fourth-order valence-corrected chi connectivity index (χ4v) is 3.87. The Morgan fingerprint density at radius 2 is 1.86 bits per heavy atom. The van der Waals surface area contributed by atoms with Crippen LogP contribution in [-0.2, 0) is 24.0 Å². The van der Waals surface area contributed by atoms with Crippen LogP contribution in [0.2, 0.25) is 0 Å². The van der Waals surface area contributed by atoms with Crippen molar-refractivity contribution in [2.24, 2.45) is 0 Å². The topological polar surface area (TPSA) is 29.5 Å². The number of carbonyl (C=O) groups excluding carboxylic acids is 1. The lowest BCUT2D eigenvalue weighted by Gasteiger charge is -2.24. The summed E-state index contributed by atoms with van der Waals surface area (Å²) in [4.78, 5) is 15.4. The summed E-state index contributed by atoms with van der Waals surface area (Å²) in [7, 11) is 0. The molecule has 22 heavy (non-hydrogen) atoms. The molecule has 0 atom stereocenters. The lowest BCUT2D eigenvalue weighted by molar-refractivity contribution is 0.108. The molecule has 3 nitrogen and oxygen atoms in total. The van der Waals surface area contributed by atoms with E-state index in [2.05, 4.69) is 35.7 Å². The Balaban J connectivity index is 1.90. The molecule has 1 amide bonds. The average molecular weight is 315 g/mol. The van der Waals surface area contributed by atoms with Crippen molar-refractivity contribution >= 4 is 17.4 Å². The number of hydrogen-bond acceptors (Lipinski definition) is 3. The monoisotopic (exact) mass is 315 g/mol. The minimum Gasteiger partial charge on any atom is -0.450 e. The summed E-state index contributed by atoms with van der Waals surface area (Å²) in [6, 6.07) is 10.7. The maximum atomic E-state index is 12.1. The number of nitrogens with zero attached hydrogens (tertiary/aromatic N) is 1. The van der Waals surface area contributed by atoms with E-state index < -0.39 is 0 Å². The van der Waals surface area contributed by atoms with Crippen LogP contribution < -0.4 is 0 Å². The van der Waals surface area contributed by atoms with Gasteiger partial charge in [0.05, 0.1) is 6.61 Å². The van der Waals surface area contributed by atoms with Gasteiger partial charge in [0, 0.05) is 24.4 Å². The molecule has 0 unspecified atom stereocenters. The van der Waals surface area contributed by atoms with E-state index >= 15 is 0 Å². The van der Waals surface area contributed by atoms with Gasteiger partial charge in [-0.2, -0.15) is 0 Å². The van der Waals surface area contributed by atoms with Gasteiger partial charge >= 0.3 is 6.09 Å². The van der Waals surface area contributed by atoms with E-state index in [4.69, 9.17) is 4.74 Å². The molecular formula is C18H21NO2S. The van der Waals surface area contributed by atoms with Crippen molar-refractivity contribution in [2.75, 3.05) is 19.7 Å². The fourth-order valence-electron chi connectivity index (χ4n) is 2.91. The first-order valence-electron chi connectivity index (χ1n) is 7.81. The zero-order valence-electron chi connectivity index (χ0n) is 12.9. The maximum absolute atomic E-state index is 12.1. The van der Waals surface area contributed by atoms with Crippen molar-refractivity contribution in [1.82, 2.24) is 4.90 Å². The van der Waals surface area contributed by atoms with Crippen LogP contribution in [0.15, 0.2) is 35.7 Å². The smallest absolute Gasteiger partial charge is 0.409 e. The van der Waals surface area contributed by atoms with Gasteiger partial charge in [-0.25, -0.2) is 4.79 Å². The van der Waals surface area contributed by atoms with Crippen molar-refractivity contribution in [1.29, 1.82) is 0 Å². The number of fused-ring (bicyclic) bond motifs is 2. The maximum Gasteiger partial charge on any atom is 0.409 e. The van der Waals surface area contributed by atoms with Crippen molar-refractivity contribution in [2.45, 2.75) is 26.2 Å². The number of benzene rings is 1. The Bertz CT molecular complexity index is 650. The predicted octanol–water partition coefficient (Wildman–Crippen LogP) is 3.90. The minimum atomic E-state index is -0.197. The number of thiophene rings is 1. The Labute approximate surface area is 135 Å². The molecule has 0 N–H and O–H groups in total. The van der Waals surface area contributed by atoms with Crippen LogP contribution in [0.1, 0.15) is 28.5 Å². The highest BCUT2D eigenvalue weighted by Crippen LogP contribution is 2.25. The molecule has 1 aromatic heterocycles. The van der Waals surface area contributed by atoms with Gasteiger partial charge in [0.25, 0.3) is 0 Å². The third kappa shape index (κ3) is 3.33. The van der Waals surface area contributed by atoms with Gasteiger partial charge in [0.15, 0.2) is 0 Å². The molecular weight excluding hydrogens is 294 g/mol. The second kappa shape index (κ2) is 6.97. The van der Waals surface area contributed by atoms with E-state index in [9.17, 15) is 4.79 Å². The molecule has 0 saturated carbocycles. The molecule has 116 valence electrons. The van der Waals surface area contributed by atoms with Crippen LogP contribution in [0.4, 0.5) is 4.79 Å². The normalized spacial score (nSPS) is 14.9. The van der Waals surface area contributed by atoms with Gasteiger partial charge in [-0.05, 0) is 47.9 Å². The first-order chi connectivity index (χ1) is 10.8. The number of rotatable bonds is 1. The molecule has 0 saturated heterocycles. The number of amides is 1. The third-order valence-corrected chi connectivity index (χ3v) is 5.10. The molecule has 3 rings (SSSR count). The lowest BCUT2D eigenvalue weighted by Crippen LogP contribution is -2.35. The van der Waals surface area contributed by atoms with Crippen LogP contribution in [0.25, 0.3) is 0 Å². The summed E-state index contributed by atoms with van der Waals surface area (Å²) < 4.78 is 5.20. The quantitative estimate of drug-likeness (QED) is 0.799. The first-order valence-corrected chi connectivity index (χ1v) is 8.69. The zero-order valence-corrected chi connectivity index (χ0v) is 13.7. The molecule has 0 radical (unpaired) electrons. The van der Waals surface area contributed by atoms with Crippen molar-refractivity contribution < 1.29 is 9.53 Å². The number of ether oxygens (including phenoxy) is 1. The third-order valence-electron chi connectivity index (χ3n) is 4.14. The van der Waals surface area contributed by atoms with Crippen molar-refractivity contribution in [3.63, 3.8) is 0 Å². The van der Waals surface area contributed by atoms with Crippen LogP contribution in [-0.4, -0.2) is 30.7 Å². The Kier molecular flexibility index (Phi) is 4.78. The van der Waals surface area contributed by atoms with E-state index in [1.165, 1.54) is 21.6 Å². The molecule has 1 aromatic carbocycles. The molecule has 0 aliphatic carbocycles. The Hall–Kier alpha value is -1.81. The average Bonchev–Trinajstić information content (AvgIpc) is 2.96. The largest absolute Gasteiger partial charge is 0.450 e. The van der Waals surface area contributed by atoms with E-state index in [1.807, 2.05) is 23.2 Å². The predicted molar refractivity (Wildman–Crippen MR) is 89.6 cm³/mol. The Morgan fingerprint density at radius 3 is 2.64 bits per heavy atom. The molecule has 2 aromatic rings. The van der Waals surface area contributed by atoms with E-state index in [0.717, 1.165) is 32.4 Å². The highest BCUT2D eigenvalue weighted by atomic mass is 32.1. The van der Waals surface area contributed by atoms with Crippen LogP contribution in [0.5, 0.6) is 0 Å². The highest BCUT2D eigenvalue weighted by Gasteiger charge is 2.18. The number of carbonyl (C=O) groups is 1. The molecule has 2 heterocycles. The lowest BCUT2D eigenvalue weighted by atomic mass is 9.98. The zero-order chi connectivity index (χ0) is 15.4. The fraction of sp³-hybridized carbons (Fsp3) is 0.389. The second-order valence-electron chi connectivity index (χ2n) is 5.50. The molecule has 0 spiro atoms. The van der Waals surface area contributed by atoms with E-state index in [-0.39, 0.29) is 6.09 Å². The van der Waals surface area contributed by atoms with Gasteiger partial charge < -0.3 is 9.64 Å². The molecule has 1 aliphatic rings. The summed E-state index contributed by atoms with van der Waals surface area (Å²) in [5.41, 5.74) is 4.06.